The summed E-state index contributed by atoms with van der Waals surface area (Å²) in [5.74, 6) is 0.251. The van der Waals surface area contributed by atoms with E-state index in [-0.39, 0.29) is 0 Å². The zero-order valence-corrected chi connectivity index (χ0v) is 9.63. The van der Waals surface area contributed by atoms with E-state index in [4.69, 9.17) is 15.2 Å². The van der Waals surface area contributed by atoms with Gasteiger partial charge in [-0.05, 0) is 6.42 Å². The first kappa shape index (κ1) is 10.7. The molecule has 6 nitrogen and oxygen atoms in total. The largest absolute Gasteiger partial charge is 0.396 e. The summed E-state index contributed by atoms with van der Waals surface area (Å²) >= 11 is 0. The normalized spacial score (nSPS) is 23.2. The number of aromatic nitrogens is 2. The molecular weight excluding hydrogens is 220 g/mol. The summed E-state index contributed by atoms with van der Waals surface area (Å²) in [5.41, 5.74) is 6.16. The number of hydrogen-bond acceptors (Lipinski definition) is 6. The Labute approximate surface area is 99.7 Å². The van der Waals surface area contributed by atoms with Crippen molar-refractivity contribution in [2.45, 2.75) is 18.6 Å². The highest BCUT2D eigenvalue weighted by atomic mass is 16.7. The Morgan fingerprint density at radius 2 is 1.94 bits per heavy atom. The van der Waals surface area contributed by atoms with Gasteiger partial charge in [-0.25, -0.2) is 9.97 Å². The lowest BCUT2D eigenvalue weighted by molar-refractivity contribution is -0.161. The topological polar surface area (TPSA) is 73.5 Å². The van der Waals surface area contributed by atoms with E-state index in [1.165, 1.54) is 0 Å². The monoisotopic (exact) mass is 236 g/mol. The highest BCUT2D eigenvalue weighted by molar-refractivity contribution is 5.38. The SMILES string of the molecule is Nc1cnc(N2CCCC3(C2)OCCO3)nc1. The van der Waals surface area contributed by atoms with Crippen molar-refractivity contribution in [2.75, 3.05) is 36.9 Å². The third-order valence-corrected chi connectivity index (χ3v) is 3.17. The maximum absolute atomic E-state index is 5.71. The highest BCUT2D eigenvalue weighted by Gasteiger charge is 2.41. The number of piperidine rings is 1. The number of nitrogen functional groups attached to an aromatic ring is 1. The molecule has 2 aliphatic rings. The van der Waals surface area contributed by atoms with Gasteiger partial charge in [0.1, 0.15) is 0 Å². The van der Waals surface area contributed by atoms with Gasteiger partial charge in [-0.15, -0.1) is 0 Å². The van der Waals surface area contributed by atoms with Crippen molar-refractivity contribution in [3.63, 3.8) is 0 Å². The Kier molecular flexibility index (Phi) is 2.60. The van der Waals surface area contributed by atoms with Crippen LogP contribution in [0.1, 0.15) is 12.8 Å². The van der Waals surface area contributed by atoms with Crippen LogP contribution < -0.4 is 10.6 Å². The molecule has 1 aromatic heterocycles. The van der Waals surface area contributed by atoms with Crippen LogP contribution in [0.15, 0.2) is 12.4 Å². The summed E-state index contributed by atoms with van der Waals surface area (Å²) in [6.45, 7) is 2.97. The van der Waals surface area contributed by atoms with Crippen LogP contribution in [0, 0.1) is 0 Å². The molecule has 0 aliphatic carbocycles. The smallest absolute Gasteiger partial charge is 0.225 e. The Bertz CT molecular complexity index is 389. The minimum atomic E-state index is -0.441. The first-order valence-corrected chi connectivity index (χ1v) is 5.88. The second-order valence-electron chi connectivity index (χ2n) is 4.45. The van der Waals surface area contributed by atoms with E-state index in [0.29, 0.717) is 31.4 Å². The van der Waals surface area contributed by atoms with Gasteiger partial charge in [0.15, 0.2) is 5.79 Å². The number of nitrogens with zero attached hydrogens (tertiary/aromatic N) is 3. The quantitative estimate of drug-likeness (QED) is 0.761. The van der Waals surface area contributed by atoms with Crippen LogP contribution in [0.4, 0.5) is 11.6 Å². The molecule has 3 rings (SSSR count). The van der Waals surface area contributed by atoms with Gasteiger partial charge in [-0.3, -0.25) is 0 Å². The van der Waals surface area contributed by atoms with Crippen molar-refractivity contribution in [3.8, 4) is 0 Å². The number of hydrogen-bond donors (Lipinski definition) is 1. The van der Waals surface area contributed by atoms with Crippen molar-refractivity contribution in [1.82, 2.24) is 9.97 Å². The molecular formula is C11H16N4O2. The van der Waals surface area contributed by atoms with E-state index < -0.39 is 5.79 Å². The van der Waals surface area contributed by atoms with E-state index in [9.17, 15) is 0 Å². The average Bonchev–Trinajstić information content (AvgIpc) is 2.78. The van der Waals surface area contributed by atoms with Gasteiger partial charge in [0.2, 0.25) is 5.95 Å². The Morgan fingerprint density at radius 3 is 2.65 bits per heavy atom. The fourth-order valence-corrected chi connectivity index (χ4v) is 2.39. The number of nitrogens with two attached hydrogens (primary N) is 1. The molecule has 0 bridgehead atoms. The molecule has 0 radical (unpaired) electrons. The summed E-state index contributed by atoms with van der Waals surface area (Å²) in [5, 5.41) is 0. The van der Waals surface area contributed by atoms with Gasteiger partial charge in [0.05, 0.1) is 37.8 Å². The molecule has 2 aliphatic heterocycles. The van der Waals surface area contributed by atoms with Crippen LogP contribution in [-0.2, 0) is 9.47 Å². The molecule has 0 unspecified atom stereocenters. The maximum Gasteiger partial charge on any atom is 0.225 e. The molecule has 1 spiro atoms. The molecule has 2 N–H and O–H groups in total. The summed E-state index contributed by atoms with van der Waals surface area (Å²) in [6.07, 6.45) is 5.21. The summed E-state index contributed by atoms with van der Waals surface area (Å²) < 4.78 is 11.4. The lowest BCUT2D eigenvalue weighted by Gasteiger charge is -2.38. The Morgan fingerprint density at radius 1 is 1.24 bits per heavy atom. The number of anilines is 2. The number of ether oxygens (including phenoxy) is 2. The first-order valence-electron chi connectivity index (χ1n) is 5.88. The Balaban J connectivity index is 1.77. The fraction of sp³-hybridized carbons (Fsp3) is 0.636. The van der Waals surface area contributed by atoms with Crippen molar-refractivity contribution in [3.05, 3.63) is 12.4 Å². The average molecular weight is 236 g/mol. The molecule has 17 heavy (non-hydrogen) atoms. The molecule has 1 aromatic rings. The van der Waals surface area contributed by atoms with Gasteiger partial charge < -0.3 is 20.1 Å². The lowest BCUT2D eigenvalue weighted by atomic mass is 10.1. The van der Waals surface area contributed by atoms with E-state index in [2.05, 4.69) is 14.9 Å². The predicted molar refractivity (Wildman–Crippen MR) is 62.5 cm³/mol. The molecule has 2 saturated heterocycles. The standard InChI is InChI=1S/C11H16N4O2/c12-9-6-13-10(14-7-9)15-3-1-2-11(8-15)16-4-5-17-11/h6-7H,1-5,8,12H2. The minimum absolute atomic E-state index is 0.441. The minimum Gasteiger partial charge on any atom is -0.396 e. The maximum atomic E-state index is 5.71. The fourth-order valence-electron chi connectivity index (χ4n) is 2.39. The van der Waals surface area contributed by atoms with Crippen molar-refractivity contribution in [2.24, 2.45) is 0 Å². The molecule has 0 saturated carbocycles. The van der Waals surface area contributed by atoms with E-state index in [1.54, 1.807) is 12.4 Å². The van der Waals surface area contributed by atoms with Crippen LogP contribution in [0.5, 0.6) is 0 Å². The second-order valence-corrected chi connectivity index (χ2v) is 4.45. The van der Waals surface area contributed by atoms with Gasteiger partial charge in [0, 0.05) is 13.0 Å². The molecule has 92 valence electrons. The zero-order valence-electron chi connectivity index (χ0n) is 9.63. The summed E-state index contributed by atoms with van der Waals surface area (Å²) in [7, 11) is 0. The summed E-state index contributed by atoms with van der Waals surface area (Å²) in [6, 6.07) is 0. The van der Waals surface area contributed by atoms with Gasteiger partial charge in [0.25, 0.3) is 0 Å². The zero-order chi connectivity index (χ0) is 11.7. The van der Waals surface area contributed by atoms with Crippen LogP contribution in [-0.4, -0.2) is 42.1 Å². The van der Waals surface area contributed by atoms with Crippen molar-refractivity contribution < 1.29 is 9.47 Å². The van der Waals surface area contributed by atoms with E-state index >= 15 is 0 Å². The first-order chi connectivity index (χ1) is 8.27. The molecule has 0 aromatic carbocycles. The van der Waals surface area contributed by atoms with Crippen molar-refractivity contribution in [1.29, 1.82) is 0 Å². The van der Waals surface area contributed by atoms with E-state index in [1.807, 2.05) is 0 Å². The van der Waals surface area contributed by atoms with Crippen LogP contribution in [0.25, 0.3) is 0 Å². The molecule has 2 fully saturated rings. The third-order valence-electron chi connectivity index (χ3n) is 3.17. The van der Waals surface area contributed by atoms with Gasteiger partial charge in [-0.2, -0.15) is 0 Å². The predicted octanol–water partition coefficient (Wildman–Crippen LogP) is 0.402. The second kappa shape index (κ2) is 4.12. The van der Waals surface area contributed by atoms with Gasteiger partial charge >= 0.3 is 0 Å². The summed E-state index contributed by atoms with van der Waals surface area (Å²) in [4.78, 5) is 10.6. The van der Waals surface area contributed by atoms with Crippen LogP contribution >= 0.6 is 0 Å². The van der Waals surface area contributed by atoms with Crippen LogP contribution in [0.2, 0.25) is 0 Å². The highest BCUT2D eigenvalue weighted by Crippen LogP contribution is 2.31. The molecule has 6 heteroatoms. The van der Waals surface area contributed by atoms with Crippen molar-refractivity contribution >= 4 is 11.6 Å². The third kappa shape index (κ3) is 2.05. The number of rotatable bonds is 1. The Hall–Kier alpha value is -1.40. The molecule has 0 atom stereocenters. The molecule has 0 amide bonds. The van der Waals surface area contributed by atoms with Crippen LogP contribution in [0.3, 0.4) is 0 Å². The van der Waals surface area contributed by atoms with Gasteiger partial charge in [-0.1, -0.05) is 0 Å². The molecule has 3 heterocycles. The lowest BCUT2D eigenvalue weighted by Crippen LogP contribution is -2.49. The van der Waals surface area contributed by atoms with E-state index in [0.717, 1.165) is 19.4 Å².